The average Bonchev–Trinajstić information content (AvgIpc) is 2.48. The SMILES string of the molecule is CCOP(=O)(OCC)[C@H](Cl)[P@@](=O)(OCC)c1ccccc1. The van der Waals surface area contributed by atoms with E-state index in [2.05, 4.69) is 0 Å². The second-order valence-electron chi connectivity index (χ2n) is 4.04. The van der Waals surface area contributed by atoms with Gasteiger partial charge in [0.1, 0.15) is 0 Å². The van der Waals surface area contributed by atoms with Crippen LogP contribution in [0.4, 0.5) is 0 Å². The van der Waals surface area contributed by atoms with E-state index in [9.17, 15) is 9.13 Å². The van der Waals surface area contributed by atoms with Gasteiger partial charge in [-0.15, -0.1) is 0 Å². The first-order chi connectivity index (χ1) is 9.94. The maximum Gasteiger partial charge on any atom is 0.358 e. The fourth-order valence-electron chi connectivity index (χ4n) is 1.79. The Morgan fingerprint density at radius 3 is 1.86 bits per heavy atom. The molecule has 1 rings (SSSR count). The van der Waals surface area contributed by atoms with Crippen LogP contribution in [0.5, 0.6) is 0 Å². The van der Waals surface area contributed by atoms with Crippen molar-refractivity contribution in [2.75, 3.05) is 19.8 Å². The van der Waals surface area contributed by atoms with Crippen molar-refractivity contribution in [3.8, 4) is 0 Å². The van der Waals surface area contributed by atoms with Crippen molar-refractivity contribution in [2.45, 2.75) is 25.6 Å². The third kappa shape index (κ3) is 4.41. The molecule has 0 N–H and O–H groups in total. The molecule has 0 aliphatic carbocycles. The summed E-state index contributed by atoms with van der Waals surface area (Å²) in [6, 6.07) is 8.49. The van der Waals surface area contributed by atoms with E-state index in [4.69, 9.17) is 25.2 Å². The molecule has 0 spiro atoms. The van der Waals surface area contributed by atoms with Gasteiger partial charge < -0.3 is 13.6 Å². The van der Waals surface area contributed by atoms with Gasteiger partial charge >= 0.3 is 7.60 Å². The van der Waals surface area contributed by atoms with Crippen LogP contribution in [-0.4, -0.2) is 24.7 Å². The first-order valence-electron chi connectivity index (χ1n) is 6.77. The Labute approximate surface area is 130 Å². The van der Waals surface area contributed by atoms with Gasteiger partial charge in [0.2, 0.25) is 4.86 Å². The lowest BCUT2D eigenvalue weighted by molar-refractivity contribution is 0.220. The molecule has 0 aromatic heterocycles. The van der Waals surface area contributed by atoms with Crippen molar-refractivity contribution in [3.63, 3.8) is 0 Å². The molecule has 0 saturated heterocycles. The Hall–Kier alpha value is -0.150. The van der Waals surface area contributed by atoms with Crippen molar-refractivity contribution in [1.82, 2.24) is 0 Å². The van der Waals surface area contributed by atoms with Gasteiger partial charge in [0.25, 0.3) is 7.37 Å². The van der Waals surface area contributed by atoms with Gasteiger partial charge in [-0.1, -0.05) is 29.8 Å². The van der Waals surface area contributed by atoms with Gasteiger partial charge in [-0.3, -0.25) is 9.13 Å². The minimum absolute atomic E-state index is 0.140. The second kappa shape index (κ2) is 8.47. The standard InChI is InChI=1S/C13H21ClO5P2/c1-4-17-20(15,12-10-8-7-9-11-12)13(14)21(16,18-5-2)19-6-3/h7-11,13H,4-6H2,1-3H3/t13-,20+/m1/s1. The smallest absolute Gasteiger partial charge is 0.324 e. The molecule has 5 nitrogen and oxygen atoms in total. The van der Waals surface area contributed by atoms with Crippen molar-refractivity contribution in [1.29, 1.82) is 0 Å². The van der Waals surface area contributed by atoms with Crippen LogP contribution in [0, 0.1) is 0 Å². The van der Waals surface area contributed by atoms with E-state index in [1.54, 1.807) is 51.1 Å². The monoisotopic (exact) mass is 354 g/mol. The summed E-state index contributed by atoms with van der Waals surface area (Å²) in [6.07, 6.45) is 0. The number of alkyl halides is 1. The van der Waals surface area contributed by atoms with Crippen LogP contribution in [-0.2, 0) is 22.7 Å². The van der Waals surface area contributed by atoms with Crippen LogP contribution in [0.2, 0.25) is 0 Å². The summed E-state index contributed by atoms with van der Waals surface area (Å²) >= 11 is 6.26. The Morgan fingerprint density at radius 1 is 0.952 bits per heavy atom. The first-order valence-corrected chi connectivity index (χ1v) is 10.5. The normalized spacial score (nSPS) is 16.4. The van der Waals surface area contributed by atoms with Gasteiger partial charge in [0, 0.05) is 5.30 Å². The number of rotatable bonds is 9. The van der Waals surface area contributed by atoms with Crippen molar-refractivity contribution < 1.29 is 22.7 Å². The molecule has 0 aliphatic rings. The van der Waals surface area contributed by atoms with E-state index in [1.165, 1.54) is 0 Å². The van der Waals surface area contributed by atoms with Crippen LogP contribution in [0.1, 0.15) is 20.8 Å². The first kappa shape index (κ1) is 18.9. The quantitative estimate of drug-likeness (QED) is 0.485. The highest BCUT2D eigenvalue weighted by molar-refractivity contribution is 7.82. The highest BCUT2D eigenvalue weighted by Gasteiger charge is 2.49. The predicted octanol–water partition coefficient (Wildman–Crippen LogP) is 4.42. The molecule has 0 aliphatic heterocycles. The van der Waals surface area contributed by atoms with Gasteiger partial charge in [0.05, 0.1) is 19.8 Å². The molecule has 120 valence electrons. The molecule has 0 bridgehead atoms. The number of halogens is 1. The number of benzene rings is 1. The zero-order valence-corrected chi connectivity index (χ0v) is 14.9. The molecule has 2 atom stereocenters. The lowest BCUT2D eigenvalue weighted by atomic mass is 10.4. The van der Waals surface area contributed by atoms with Crippen molar-refractivity contribution >= 4 is 31.9 Å². The lowest BCUT2D eigenvalue weighted by Gasteiger charge is -2.28. The van der Waals surface area contributed by atoms with Crippen LogP contribution >= 0.6 is 26.6 Å². The summed E-state index contributed by atoms with van der Waals surface area (Å²) in [5.41, 5.74) is 0. The largest absolute Gasteiger partial charge is 0.358 e. The number of hydrogen-bond acceptors (Lipinski definition) is 5. The van der Waals surface area contributed by atoms with E-state index in [-0.39, 0.29) is 19.8 Å². The van der Waals surface area contributed by atoms with E-state index >= 15 is 0 Å². The van der Waals surface area contributed by atoms with Crippen LogP contribution in [0.3, 0.4) is 0 Å². The Balaban J connectivity index is 3.26. The highest BCUT2D eigenvalue weighted by Crippen LogP contribution is 2.70. The van der Waals surface area contributed by atoms with Gasteiger partial charge in [-0.05, 0) is 32.9 Å². The minimum Gasteiger partial charge on any atom is -0.324 e. The molecule has 0 unspecified atom stereocenters. The summed E-state index contributed by atoms with van der Waals surface area (Å²) in [4.78, 5) is -1.38. The van der Waals surface area contributed by atoms with Crippen LogP contribution < -0.4 is 5.30 Å². The average molecular weight is 355 g/mol. The zero-order chi connectivity index (χ0) is 15.9. The third-order valence-corrected chi connectivity index (χ3v) is 9.82. The molecule has 0 saturated carbocycles. The van der Waals surface area contributed by atoms with E-state index in [0.29, 0.717) is 5.30 Å². The fraction of sp³-hybridized carbons (Fsp3) is 0.538. The topological polar surface area (TPSA) is 61.8 Å². The van der Waals surface area contributed by atoms with Gasteiger partial charge in [-0.2, -0.15) is 0 Å². The van der Waals surface area contributed by atoms with E-state index in [0.717, 1.165) is 0 Å². The lowest BCUT2D eigenvalue weighted by Crippen LogP contribution is -2.18. The minimum atomic E-state index is -3.75. The maximum atomic E-state index is 13.2. The van der Waals surface area contributed by atoms with Crippen molar-refractivity contribution in [2.24, 2.45) is 0 Å². The molecule has 21 heavy (non-hydrogen) atoms. The number of hydrogen-bond donors (Lipinski definition) is 0. The Kier molecular flexibility index (Phi) is 7.63. The summed E-state index contributed by atoms with van der Waals surface area (Å²) in [5.74, 6) is 0. The van der Waals surface area contributed by atoms with Gasteiger partial charge in [0.15, 0.2) is 0 Å². The Morgan fingerprint density at radius 2 is 1.43 bits per heavy atom. The van der Waals surface area contributed by atoms with E-state index in [1.807, 2.05) is 0 Å². The molecule has 0 fully saturated rings. The summed E-state index contributed by atoms with van der Waals surface area (Å²) in [5, 5.41) is 0.395. The Bertz CT molecular complexity index is 513. The molecule has 8 heteroatoms. The molecular weight excluding hydrogens is 334 g/mol. The third-order valence-electron chi connectivity index (χ3n) is 2.60. The highest BCUT2D eigenvalue weighted by atomic mass is 35.5. The summed E-state index contributed by atoms with van der Waals surface area (Å²) < 4.78 is 41.8. The van der Waals surface area contributed by atoms with Crippen LogP contribution in [0.25, 0.3) is 0 Å². The maximum absolute atomic E-state index is 13.2. The van der Waals surface area contributed by atoms with Crippen LogP contribution in [0.15, 0.2) is 30.3 Å². The molecule has 1 aromatic rings. The summed E-state index contributed by atoms with van der Waals surface area (Å²) in [6.45, 7) is 5.49. The summed E-state index contributed by atoms with van der Waals surface area (Å²) in [7, 11) is -7.34. The molecule has 1 aromatic carbocycles. The van der Waals surface area contributed by atoms with Gasteiger partial charge in [-0.25, -0.2) is 0 Å². The molecule has 0 amide bonds. The second-order valence-corrected chi connectivity index (χ2v) is 10.1. The molecule has 0 radical (unpaired) electrons. The fourth-order valence-corrected chi connectivity index (χ4v) is 7.66. The predicted molar refractivity (Wildman–Crippen MR) is 85.8 cm³/mol. The molecular formula is C13H21ClO5P2. The molecule has 0 heterocycles. The zero-order valence-electron chi connectivity index (χ0n) is 12.4. The van der Waals surface area contributed by atoms with Crippen molar-refractivity contribution in [3.05, 3.63) is 30.3 Å². The van der Waals surface area contributed by atoms with E-state index < -0.39 is 19.8 Å².